The van der Waals surface area contributed by atoms with Crippen LogP contribution in [-0.4, -0.2) is 34.7 Å². The first-order chi connectivity index (χ1) is 13.5. The highest BCUT2D eigenvalue weighted by atomic mass is 32.2. The van der Waals surface area contributed by atoms with E-state index in [1.165, 1.54) is 9.88 Å². The molecular formula is C21H22N4O2S. The lowest BCUT2D eigenvalue weighted by Gasteiger charge is -2.21. The average Bonchev–Trinajstić information content (AvgIpc) is 3.19. The summed E-state index contributed by atoms with van der Waals surface area (Å²) in [5.74, 6) is 0.229. The minimum atomic E-state index is -3.62. The molecule has 1 fully saturated rings. The van der Waals surface area contributed by atoms with Crippen LogP contribution in [0, 0.1) is 12.8 Å². The maximum absolute atomic E-state index is 13.2. The van der Waals surface area contributed by atoms with Crippen LogP contribution >= 0.6 is 0 Å². The van der Waals surface area contributed by atoms with E-state index in [0.29, 0.717) is 17.1 Å². The molecule has 0 spiro atoms. The van der Waals surface area contributed by atoms with Gasteiger partial charge in [-0.05, 0) is 37.0 Å². The van der Waals surface area contributed by atoms with E-state index >= 15 is 0 Å². The second kappa shape index (κ2) is 7.69. The van der Waals surface area contributed by atoms with Crippen molar-refractivity contribution < 1.29 is 8.42 Å². The van der Waals surface area contributed by atoms with E-state index in [2.05, 4.69) is 33.6 Å². The minimum absolute atomic E-state index is 0.196. The Kier molecular flexibility index (Phi) is 5.11. The van der Waals surface area contributed by atoms with Crippen molar-refractivity contribution in [1.29, 1.82) is 0 Å². The number of H-pyrrole nitrogens is 1. The van der Waals surface area contributed by atoms with E-state index in [-0.39, 0.29) is 12.5 Å². The van der Waals surface area contributed by atoms with Crippen LogP contribution in [0.15, 0.2) is 71.3 Å². The van der Waals surface area contributed by atoms with Crippen molar-refractivity contribution in [3.8, 4) is 0 Å². The Morgan fingerprint density at radius 3 is 2.57 bits per heavy atom. The van der Waals surface area contributed by atoms with Gasteiger partial charge in [-0.1, -0.05) is 59.7 Å². The molecule has 1 aliphatic rings. The number of nitrogens with one attached hydrogen (secondary N) is 1. The van der Waals surface area contributed by atoms with E-state index in [0.717, 1.165) is 17.5 Å². The molecule has 0 amide bonds. The Morgan fingerprint density at radius 2 is 1.89 bits per heavy atom. The molecule has 0 radical (unpaired) electrons. The predicted octanol–water partition coefficient (Wildman–Crippen LogP) is 3.41. The fourth-order valence-electron chi connectivity index (χ4n) is 3.18. The molecule has 1 saturated carbocycles. The van der Waals surface area contributed by atoms with Gasteiger partial charge in [0.2, 0.25) is 10.0 Å². The molecule has 0 saturated heterocycles. The highest BCUT2D eigenvalue weighted by Gasteiger charge is 2.36. The van der Waals surface area contributed by atoms with Gasteiger partial charge in [0.15, 0.2) is 0 Å². The highest BCUT2D eigenvalue weighted by molar-refractivity contribution is 7.89. The van der Waals surface area contributed by atoms with Gasteiger partial charge in [0.25, 0.3) is 0 Å². The summed E-state index contributed by atoms with van der Waals surface area (Å²) in [7, 11) is -3.62. The fourth-order valence-corrected chi connectivity index (χ4v) is 4.64. The predicted molar refractivity (Wildman–Crippen MR) is 108 cm³/mol. The summed E-state index contributed by atoms with van der Waals surface area (Å²) in [6, 6.07) is 17.1. The van der Waals surface area contributed by atoms with Crippen LogP contribution in [0.3, 0.4) is 0 Å². The third kappa shape index (κ3) is 4.21. The van der Waals surface area contributed by atoms with Gasteiger partial charge in [-0.25, -0.2) is 8.42 Å². The third-order valence-electron chi connectivity index (χ3n) is 4.88. The standard InChI is InChI=1S/C21H22N4O2S/c1-16-7-9-21(10-8-16)28(26,27)25(15-20-13-22-24-23-20)14-19-12-18(19)11-17-5-3-2-4-6-17/h2-11,13,19H,12,14-15H2,1H3,(H,22,23,24)/b18-11+. The molecule has 1 N–H and O–H groups in total. The number of aromatic nitrogens is 3. The number of sulfonamides is 1. The molecule has 1 atom stereocenters. The molecule has 1 heterocycles. The molecule has 28 heavy (non-hydrogen) atoms. The summed E-state index contributed by atoms with van der Waals surface area (Å²) in [5, 5.41) is 10.4. The summed E-state index contributed by atoms with van der Waals surface area (Å²) >= 11 is 0. The second-order valence-corrected chi connectivity index (χ2v) is 9.04. The van der Waals surface area contributed by atoms with Crippen molar-refractivity contribution in [1.82, 2.24) is 19.7 Å². The van der Waals surface area contributed by atoms with Crippen molar-refractivity contribution >= 4 is 16.1 Å². The van der Waals surface area contributed by atoms with Crippen molar-refractivity contribution in [3.05, 3.63) is 83.2 Å². The van der Waals surface area contributed by atoms with Gasteiger partial charge in [0, 0.05) is 6.54 Å². The van der Waals surface area contributed by atoms with Crippen molar-refractivity contribution in [2.24, 2.45) is 5.92 Å². The van der Waals surface area contributed by atoms with Crippen LogP contribution in [-0.2, 0) is 16.6 Å². The van der Waals surface area contributed by atoms with E-state index in [1.54, 1.807) is 18.3 Å². The summed E-state index contributed by atoms with van der Waals surface area (Å²) < 4.78 is 28.0. The average molecular weight is 395 g/mol. The number of nitrogens with zero attached hydrogens (tertiary/aromatic N) is 3. The lowest BCUT2D eigenvalue weighted by atomic mass is 10.2. The molecule has 1 aromatic heterocycles. The molecule has 1 unspecified atom stereocenters. The van der Waals surface area contributed by atoms with Crippen molar-refractivity contribution in [3.63, 3.8) is 0 Å². The van der Waals surface area contributed by atoms with Crippen LogP contribution in [0.2, 0.25) is 0 Å². The number of hydrogen-bond acceptors (Lipinski definition) is 4. The monoisotopic (exact) mass is 394 g/mol. The van der Waals surface area contributed by atoms with Gasteiger partial charge >= 0.3 is 0 Å². The van der Waals surface area contributed by atoms with Crippen LogP contribution in [0.25, 0.3) is 6.08 Å². The molecule has 7 heteroatoms. The van der Waals surface area contributed by atoms with Gasteiger partial charge in [-0.3, -0.25) is 0 Å². The van der Waals surface area contributed by atoms with Crippen molar-refractivity contribution in [2.45, 2.75) is 24.8 Å². The SMILES string of the molecule is Cc1ccc(S(=O)(=O)N(Cc2cn[nH]n2)CC2C/C2=C\c2ccccc2)cc1. The zero-order valence-electron chi connectivity index (χ0n) is 15.6. The van der Waals surface area contributed by atoms with Crippen molar-refractivity contribution in [2.75, 3.05) is 6.54 Å². The smallest absolute Gasteiger partial charge is 0.207 e. The first-order valence-corrected chi connectivity index (χ1v) is 10.6. The first kappa shape index (κ1) is 18.6. The third-order valence-corrected chi connectivity index (χ3v) is 6.71. The van der Waals surface area contributed by atoms with Crippen LogP contribution in [0.1, 0.15) is 23.2 Å². The Labute approximate surface area is 165 Å². The van der Waals surface area contributed by atoms with E-state index in [1.807, 2.05) is 37.3 Å². The van der Waals surface area contributed by atoms with E-state index in [4.69, 9.17) is 0 Å². The van der Waals surface area contributed by atoms with Gasteiger partial charge < -0.3 is 0 Å². The second-order valence-electron chi connectivity index (χ2n) is 7.10. The van der Waals surface area contributed by atoms with E-state index < -0.39 is 10.0 Å². The number of rotatable bonds is 7. The topological polar surface area (TPSA) is 79.0 Å². The lowest BCUT2D eigenvalue weighted by Crippen LogP contribution is -2.32. The van der Waals surface area contributed by atoms with Gasteiger partial charge in [-0.15, -0.1) is 0 Å². The molecule has 2 aromatic carbocycles. The molecule has 6 nitrogen and oxygen atoms in total. The molecule has 0 bridgehead atoms. The van der Waals surface area contributed by atoms with Gasteiger partial charge in [0.05, 0.1) is 23.3 Å². The summed E-state index contributed by atoms with van der Waals surface area (Å²) in [6.07, 6.45) is 4.62. The molecule has 3 aromatic rings. The summed E-state index contributed by atoms with van der Waals surface area (Å²) in [5.41, 5.74) is 4.04. The maximum Gasteiger partial charge on any atom is 0.243 e. The number of aryl methyl sites for hydroxylation is 1. The molecular weight excluding hydrogens is 372 g/mol. The minimum Gasteiger partial charge on any atom is -0.207 e. The lowest BCUT2D eigenvalue weighted by molar-refractivity contribution is 0.391. The number of benzene rings is 2. The first-order valence-electron chi connectivity index (χ1n) is 9.19. The molecule has 1 aliphatic carbocycles. The molecule has 4 rings (SSSR count). The Hall–Kier alpha value is -2.77. The fraction of sp³-hybridized carbons (Fsp3) is 0.238. The van der Waals surface area contributed by atoms with Crippen LogP contribution in [0.4, 0.5) is 0 Å². The molecule has 0 aliphatic heterocycles. The Morgan fingerprint density at radius 1 is 1.14 bits per heavy atom. The van der Waals surface area contributed by atoms with Gasteiger partial charge in [-0.2, -0.15) is 19.7 Å². The van der Waals surface area contributed by atoms with Crippen LogP contribution < -0.4 is 0 Å². The maximum atomic E-state index is 13.2. The number of aromatic amines is 1. The highest BCUT2D eigenvalue weighted by Crippen LogP contribution is 2.41. The summed E-state index contributed by atoms with van der Waals surface area (Å²) in [6.45, 7) is 2.57. The van der Waals surface area contributed by atoms with Crippen LogP contribution in [0.5, 0.6) is 0 Å². The van der Waals surface area contributed by atoms with Gasteiger partial charge in [0.1, 0.15) is 0 Å². The Bertz CT molecular complexity index is 1060. The molecule has 144 valence electrons. The largest absolute Gasteiger partial charge is 0.243 e. The van der Waals surface area contributed by atoms with E-state index in [9.17, 15) is 8.42 Å². The Balaban J connectivity index is 1.56. The zero-order valence-corrected chi connectivity index (χ0v) is 16.4. The summed E-state index contributed by atoms with van der Waals surface area (Å²) in [4.78, 5) is 0.302. The zero-order chi connectivity index (χ0) is 19.6. The normalized spacial score (nSPS) is 17.9. The quantitative estimate of drug-likeness (QED) is 0.666. The number of hydrogen-bond donors (Lipinski definition) is 1.